The van der Waals surface area contributed by atoms with Gasteiger partial charge in [0, 0.05) is 5.69 Å². The molecule has 2 aromatic carbocycles. The van der Waals surface area contributed by atoms with Crippen LogP contribution < -0.4 is 15.4 Å². The largest absolute Gasteiger partial charge is 0.491 e. The van der Waals surface area contributed by atoms with Gasteiger partial charge in [0.15, 0.2) is 22.5 Å². The van der Waals surface area contributed by atoms with Crippen molar-refractivity contribution in [3.63, 3.8) is 0 Å². The number of anilines is 1. The molecule has 0 aliphatic rings. The lowest BCUT2D eigenvalue weighted by Crippen LogP contribution is -2.35. The highest BCUT2D eigenvalue weighted by molar-refractivity contribution is 7.80. The van der Waals surface area contributed by atoms with Crippen molar-refractivity contribution in [2.24, 2.45) is 0 Å². The van der Waals surface area contributed by atoms with Gasteiger partial charge in [-0.3, -0.25) is 10.1 Å². The second-order valence-electron chi connectivity index (χ2n) is 5.87. The Morgan fingerprint density at radius 1 is 1.04 bits per heavy atom. The van der Waals surface area contributed by atoms with Crippen molar-refractivity contribution in [3.8, 4) is 5.75 Å². The topological polar surface area (TPSA) is 50.4 Å². The summed E-state index contributed by atoms with van der Waals surface area (Å²) < 4.78 is 59.7. The maximum Gasteiger partial charge on any atom is 0.263 e. The highest BCUT2D eigenvalue weighted by Gasteiger charge is 2.30. The van der Waals surface area contributed by atoms with Crippen LogP contribution in [0.2, 0.25) is 0 Å². The molecular weight excluding hydrogens is 396 g/mol. The number of benzene rings is 2. The van der Waals surface area contributed by atoms with Crippen LogP contribution in [-0.4, -0.2) is 18.1 Å². The Morgan fingerprint density at radius 2 is 1.61 bits per heavy atom. The van der Waals surface area contributed by atoms with Crippen LogP contribution in [0.1, 0.15) is 35.7 Å². The summed E-state index contributed by atoms with van der Waals surface area (Å²) in [6.07, 6.45) is 3.04. The molecule has 4 nitrogen and oxygen atoms in total. The highest BCUT2D eigenvalue weighted by Crippen LogP contribution is 2.29. The molecule has 2 aromatic rings. The van der Waals surface area contributed by atoms with Gasteiger partial charge in [0.25, 0.3) is 5.91 Å². The minimum absolute atomic E-state index is 0.290. The molecule has 0 radical (unpaired) electrons. The minimum Gasteiger partial charge on any atom is -0.491 e. The molecule has 0 heterocycles. The molecule has 0 unspecified atom stereocenters. The van der Waals surface area contributed by atoms with Crippen LogP contribution in [0.4, 0.5) is 23.2 Å². The van der Waals surface area contributed by atoms with E-state index in [9.17, 15) is 22.4 Å². The van der Waals surface area contributed by atoms with Crippen LogP contribution in [0.25, 0.3) is 0 Å². The smallest absolute Gasteiger partial charge is 0.263 e. The standard InChI is InChI=1S/C19H18F4N2O2S/c1-3-4-5-10-6-8-11(9-7-10)24-19(28)25-18(26)12-13(20)15(22)17(27-2)16(23)14(12)21/h6-9H,3-5H2,1-2H3,(H2,24,25,26,28). The zero-order chi connectivity index (χ0) is 20.8. The molecule has 0 aliphatic heterocycles. The third-order valence-corrected chi connectivity index (χ3v) is 4.12. The normalized spacial score (nSPS) is 10.5. The molecular formula is C19H18F4N2O2S. The first-order valence-corrected chi connectivity index (χ1v) is 8.82. The van der Waals surface area contributed by atoms with Gasteiger partial charge in [-0.05, 0) is 42.8 Å². The third-order valence-electron chi connectivity index (χ3n) is 3.91. The number of ether oxygens (including phenoxy) is 1. The summed E-state index contributed by atoms with van der Waals surface area (Å²) >= 11 is 4.92. The van der Waals surface area contributed by atoms with E-state index in [0.29, 0.717) is 5.69 Å². The molecule has 0 saturated heterocycles. The lowest BCUT2D eigenvalue weighted by atomic mass is 10.1. The quantitative estimate of drug-likeness (QED) is 0.408. The molecule has 1 amide bonds. The van der Waals surface area contributed by atoms with Gasteiger partial charge in [0.1, 0.15) is 5.56 Å². The molecule has 0 aliphatic carbocycles. The van der Waals surface area contributed by atoms with E-state index in [1.54, 1.807) is 12.1 Å². The molecule has 2 rings (SSSR count). The second kappa shape index (κ2) is 9.50. The number of unbranched alkanes of at least 4 members (excludes halogenated alkanes) is 1. The predicted molar refractivity (Wildman–Crippen MR) is 102 cm³/mol. The van der Waals surface area contributed by atoms with Crippen molar-refractivity contribution in [3.05, 3.63) is 58.7 Å². The molecule has 9 heteroatoms. The van der Waals surface area contributed by atoms with E-state index >= 15 is 0 Å². The van der Waals surface area contributed by atoms with Crippen molar-refractivity contribution >= 4 is 28.9 Å². The first-order chi connectivity index (χ1) is 13.3. The Labute approximate surface area is 164 Å². The van der Waals surface area contributed by atoms with Crippen molar-refractivity contribution in [1.82, 2.24) is 5.32 Å². The number of amides is 1. The molecule has 0 saturated carbocycles. The van der Waals surface area contributed by atoms with Crippen LogP contribution in [0.5, 0.6) is 5.75 Å². The van der Waals surface area contributed by atoms with E-state index in [2.05, 4.69) is 17.0 Å². The molecule has 0 spiro atoms. The van der Waals surface area contributed by atoms with Crippen molar-refractivity contribution in [2.75, 3.05) is 12.4 Å². The molecule has 2 N–H and O–H groups in total. The van der Waals surface area contributed by atoms with Crippen LogP contribution >= 0.6 is 12.2 Å². The number of hydrogen-bond donors (Lipinski definition) is 2. The van der Waals surface area contributed by atoms with E-state index in [4.69, 9.17) is 12.2 Å². The van der Waals surface area contributed by atoms with Crippen molar-refractivity contribution in [1.29, 1.82) is 0 Å². The van der Waals surface area contributed by atoms with Gasteiger partial charge in [0.05, 0.1) is 7.11 Å². The number of carbonyl (C=O) groups is 1. The Hall–Kier alpha value is -2.68. The van der Waals surface area contributed by atoms with E-state index in [0.717, 1.165) is 31.9 Å². The second-order valence-corrected chi connectivity index (χ2v) is 6.28. The van der Waals surface area contributed by atoms with Gasteiger partial charge in [-0.15, -0.1) is 0 Å². The van der Waals surface area contributed by atoms with E-state index < -0.39 is 40.5 Å². The van der Waals surface area contributed by atoms with E-state index in [-0.39, 0.29) is 5.11 Å². The fourth-order valence-electron chi connectivity index (χ4n) is 2.45. The van der Waals surface area contributed by atoms with E-state index in [1.807, 2.05) is 17.4 Å². The summed E-state index contributed by atoms with van der Waals surface area (Å²) in [7, 11) is 0.840. The zero-order valence-electron chi connectivity index (χ0n) is 15.2. The average molecular weight is 414 g/mol. The van der Waals surface area contributed by atoms with Crippen molar-refractivity contribution in [2.45, 2.75) is 26.2 Å². The first-order valence-electron chi connectivity index (χ1n) is 8.41. The average Bonchev–Trinajstić information content (AvgIpc) is 2.66. The van der Waals surface area contributed by atoms with Gasteiger partial charge in [-0.1, -0.05) is 25.5 Å². The summed E-state index contributed by atoms with van der Waals surface area (Å²) in [5.41, 5.74) is 0.212. The lowest BCUT2D eigenvalue weighted by Gasteiger charge is -2.13. The van der Waals surface area contributed by atoms with Gasteiger partial charge in [-0.2, -0.15) is 8.78 Å². The molecule has 0 fully saturated rings. The third kappa shape index (κ3) is 4.78. The van der Waals surface area contributed by atoms with Gasteiger partial charge < -0.3 is 10.1 Å². The summed E-state index contributed by atoms with van der Waals surface area (Å²) in [5, 5.41) is 4.36. The fraction of sp³-hybridized carbons (Fsp3) is 0.263. The summed E-state index contributed by atoms with van der Waals surface area (Å²) in [6.45, 7) is 2.09. The number of rotatable bonds is 6. The summed E-state index contributed by atoms with van der Waals surface area (Å²) in [6, 6.07) is 7.18. The van der Waals surface area contributed by atoms with Crippen LogP contribution in [0.15, 0.2) is 24.3 Å². The van der Waals surface area contributed by atoms with E-state index in [1.165, 1.54) is 0 Å². The lowest BCUT2D eigenvalue weighted by molar-refractivity contribution is 0.0966. The molecule has 28 heavy (non-hydrogen) atoms. The van der Waals surface area contributed by atoms with Crippen molar-refractivity contribution < 1.29 is 27.1 Å². The van der Waals surface area contributed by atoms with Gasteiger partial charge >= 0.3 is 0 Å². The Kier molecular flexibility index (Phi) is 7.33. The SMILES string of the molecule is CCCCc1ccc(NC(=S)NC(=O)c2c(F)c(F)c(OC)c(F)c2F)cc1. The minimum atomic E-state index is -1.88. The maximum atomic E-state index is 14.0. The monoisotopic (exact) mass is 414 g/mol. The molecule has 0 aromatic heterocycles. The van der Waals surface area contributed by atoms with Gasteiger partial charge in [-0.25, -0.2) is 8.78 Å². The maximum absolute atomic E-state index is 14.0. The number of aryl methyl sites for hydroxylation is 1. The zero-order valence-corrected chi connectivity index (χ0v) is 16.0. The Balaban J connectivity index is 2.12. The highest BCUT2D eigenvalue weighted by atomic mass is 32.1. The summed E-state index contributed by atoms with van der Waals surface area (Å²) in [5.74, 6) is -10.1. The van der Waals surface area contributed by atoms with Gasteiger partial charge in [0.2, 0.25) is 11.6 Å². The van der Waals surface area contributed by atoms with Crippen LogP contribution in [-0.2, 0) is 6.42 Å². The number of methoxy groups -OCH3 is 1. The number of nitrogens with one attached hydrogen (secondary N) is 2. The molecule has 0 atom stereocenters. The first kappa shape index (κ1) is 21.6. The Morgan fingerprint density at radius 3 is 2.11 bits per heavy atom. The summed E-state index contributed by atoms with van der Waals surface area (Å²) in [4.78, 5) is 12.1. The number of halogens is 4. The number of carbonyl (C=O) groups excluding carboxylic acids is 1. The molecule has 0 bridgehead atoms. The fourth-order valence-corrected chi connectivity index (χ4v) is 2.66. The number of hydrogen-bond acceptors (Lipinski definition) is 3. The van der Waals surface area contributed by atoms with Crippen LogP contribution in [0, 0.1) is 23.3 Å². The predicted octanol–water partition coefficient (Wildman–Crippen LogP) is 4.72. The number of thiocarbonyl (C=S) groups is 1. The van der Waals surface area contributed by atoms with Crippen LogP contribution in [0.3, 0.4) is 0 Å². The Bertz CT molecular complexity index is 859. The molecule has 150 valence electrons.